The summed E-state index contributed by atoms with van der Waals surface area (Å²) in [6, 6.07) is 2.06. The van der Waals surface area contributed by atoms with Crippen molar-refractivity contribution < 1.29 is 14.3 Å². The van der Waals surface area contributed by atoms with Crippen LogP contribution in [0.15, 0.2) is 6.07 Å². The Morgan fingerprint density at radius 3 is 3.00 bits per heavy atom. The van der Waals surface area contributed by atoms with Crippen LogP contribution < -0.4 is 0 Å². The summed E-state index contributed by atoms with van der Waals surface area (Å²) in [4.78, 5) is 28.5. The van der Waals surface area contributed by atoms with Gasteiger partial charge in [-0.05, 0) is 50.7 Å². The van der Waals surface area contributed by atoms with Crippen LogP contribution in [0.1, 0.15) is 46.3 Å². The molecule has 1 aromatic rings. The van der Waals surface area contributed by atoms with Gasteiger partial charge in [0.1, 0.15) is 0 Å². The normalized spacial score (nSPS) is 21.2. The molecule has 5 heteroatoms. The Labute approximate surface area is 129 Å². The van der Waals surface area contributed by atoms with Crippen LogP contribution in [0, 0.1) is 5.92 Å². The van der Waals surface area contributed by atoms with Crippen molar-refractivity contribution in [1.82, 2.24) is 4.90 Å². The van der Waals surface area contributed by atoms with Gasteiger partial charge in [-0.3, -0.25) is 9.59 Å². The first-order chi connectivity index (χ1) is 10.2. The molecule has 0 spiro atoms. The summed E-state index contributed by atoms with van der Waals surface area (Å²) in [6.07, 6.45) is 5.12. The van der Waals surface area contributed by atoms with Crippen molar-refractivity contribution in [3.8, 4) is 0 Å². The molecule has 114 valence electrons. The van der Waals surface area contributed by atoms with Crippen LogP contribution in [-0.2, 0) is 22.4 Å². The number of nitrogens with zero attached hydrogens (tertiary/aromatic N) is 1. The van der Waals surface area contributed by atoms with E-state index in [0.717, 1.165) is 37.1 Å². The molecule has 0 aromatic carbocycles. The average Bonchev–Trinajstić information content (AvgIpc) is 3.08. The van der Waals surface area contributed by atoms with Gasteiger partial charge in [-0.15, -0.1) is 11.3 Å². The molecular formula is C16H21NO3S. The second-order valence-corrected chi connectivity index (χ2v) is 6.89. The maximum absolute atomic E-state index is 12.6. The lowest BCUT2D eigenvalue weighted by Gasteiger charge is -2.31. The molecule has 0 saturated carbocycles. The number of carbonyl (C=O) groups excluding carboxylic acids is 2. The zero-order valence-corrected chi connectivity index (χ0v) is 13.2. The minimum Gasteiger partial charge on any atom is -0.466 e. The van der Waals surface area contributed by atoms with E-state index in [9.17, 15) is 9.59 Å². The molecule has 1 aliphatic carbocycles. The molecular weight excluding hydrogens is 286 g/mol. The van der Waals surface area contributed by atoms with Gasteiger partial charge in [-0.1, -0.05) is 0 Å². The molecule has 0 radical (unpaired) electrons. The van der Waals surface area contributed by atoms with Gasteiger partial charge in [0.2, 0.25) is 0 Å². The Kier molecular flexibility index (Phi) is 4.29. The first kappa shape index (κ1) is 14.6. The predicted molar refractivity (Wildman–Crippen MR) is 81.6 cm³/mol. The Morgan fingerprint density at radius 2 is 2.24 bits per heavy atom. The minimum absolute atomic E-state index is 0.0865. The summed E-state index contributed by atoms with van der Waals surface area (Å²) in [7, 11) is 0. The van der Waals surface area contributed by atoms with Gasteiger partial charge >= 0.3 is 5.97 Å². The van der Waals surface area contributed by atoms with E-state index >= 15 is 0 Å². The molecule has 2 heterocycles. The van der Waals surface area contributed by atoms with E-state index < -0.39 is 0 Å². The summed E-state index contributed by atoms with van der Waals surface area (Å²) >= 11 is 1.64. The van der Waals surface area contributed by atoms with Crippen molar-refractivity contribution >= 4 is 23.2 Å². The molecule has 1 aromatic heterocycles. The number of fused-ring (bicyclic) bond motifs is 1. The van der Waals surface area contributed by atoms with Crippen LogP contribution in [-0.4, -0.2) is 36.5 Å². The molecule has 4 nitrogen and oxygen atoms in total. The summed E-state index contributed by atoms with van der Waals surface area (Å²) in [5.41, 5.74) is 1.35. The van der Waals surface area contributed by atoms with E-state index in [1.807, 2.05) is 11.8 Å². The number of likely N-dealkylation sites (tertiary alicyclic amines) is 1. The number of hydrogen-bond acceptors (Lipinski definition) is 4. The fourth-order valence-corrected chi connectivity index (χ4v) is 4.43. The molecule has 1 atom stereocenters. The fourth-order valence-electron chi connectivity index (χ4n) is 3.20. The van der Waals surface area contributed by atoms with Gasteiger partial charge < -0.3 is 9.64 Å². The molecule has 1 aliphatic heterocycles. The average molecular weight is 307 g/mol. The molecule has 21 heavy (non-hydrogen) atoms. The molecule has 1 amide bonds. The molecule has 0 N–H and O–H groups in total. The highest BCUT2D eigenvalue weighted by Gasteiger charge is 2.31. The summed E-state index contributed by atoms with van der Waals surface area (Å²) in [5, 5.41) is 0. The monoisotopic (exact) mass is 307 g/mol. The van der Waals surface area contributed by atoms with Crippen LogP contribution in [0.3, 0.4) is 0 Å². The Hall–Kier alpha value is -1.36. The third-order valence-corrected chi connectivity index (χ3v) is 5.51. The van der Waals surface area contributed by atoms with Crippen LogP contribution in [0.2, 0.25) is 0 Å². The quantitative estimate of drug-likeness (QED) is 0.807. The number of ether oxygens (including phenoxy) is 1. The van der Waals surface area contributed by atoms with E-state index in [1.54, 1.807) is 11.3 Å². The van der Waals surface area contributed by atoms with E-state index in [2.05, 4.69) is 6.07 Å². The summed E-state index contributed by atoms with van der Waals surface area (Å²) in [5.74, 6) is -0.235. The van der Waals surface area contributed by atoms with Crippen molar-refractivity contribution in [2.75, 3.05) is 19.7 Å². The Balaban J connectivity index is 1.67. The SMILES string of the molecule is CCOC(=O)[C@H]1CCCN(C(=O)c2cc3c(s2)CCC3)C1. The highest BCUT2D eigenvalue weighted by Crippen LogP contribution is 2.32. The van der Waals surface area contributed by atoms with Gasteiger partial charge in [0.15, 0.2) is 0 Å². The maximum atomic E-state index is 12.6. The van der Waals surface area contributed by atoms with E-state index in [0.29, 0.717) is 13.2 Å². The van der Waals surface area contributed by atoms with Gasteiger partial charge in [0.25, 0.3) is 5.91 Å². The van der Waals surface area contributed by atoms with Crippen molar-refractivity contribution in [3.05, 3.63) is 21.4 Å². The smallest absolute Gasteiger partial charge is 0.310 e. The largest absolute Gasteiger partial charge is 0.466 e. The number of aryl methyl sites for hydroxylation is 2. The minimum atomic E-state index is -0.163. The summed E-state index contributed by atoms with van der Waals surface area (Å²) < 4.78 is 5.09. The number of piperidine rings is 1. The molecule has 1 saturated heterocycles. The number of thiophene rings is 1. The highest BCUT2D eigenvalue weighted by atomic mass is 32.1. The molecule has 3 rings (SSSR count). The number of amides is 1. The number of esters is 1. The number of rotatable bonds is 3. The van der Waals surface area contributed by atoms with Crippen molar-refractivity contribution in [1.29, 1.82) is 0 Å². The van der Waals surface area contributed by atoms with Gasteiger partial charge in [0, 0.05) is 18.0 Å². The van der Waals surface area contributed by atoms with Crippen LogP contribution >= 0.6 is 11.3 Å². The molecule has 0 bridgehead atoms. The van der Waals surface area contributed by atoms with Gasteiger partial charge in [-0.25, -0.2) is 0 Å². The Morgan fingerprint density at radius 1 is 1.38 bits per heavy atom. The lowest BCUT2D eigenvalue weighted by Crippen LogP contribution is -2.42. The lowest BCUT2D eigenvalue weighted by molar-refractivity contribution is -0.149. The predicted octanol–water partition coefficient (Wildman–Crippen LogP) is 2.65. The topological polar surface area (TPSA) is 46.6 Å². The zero-order valence-electron chi connectivity index (χ0n) is 12.4. The zero-order chi connectivity index (χ0) is 14.8. The number of hydrogen-bond donors (Lipinski definition) is 0. The second-order valence-electron chi connectivity index (χ2n) is 5.75. The highest BCUT2D eigenvalue weighted by molar-refractivity contribution is 7.14. The molecule has 2 aliphatic rings. The van der Waals surface area contributed by atoms with Crippen molar-refractivity contribution in [3.63, 3.8) is 0 Å². The fraction of sp³-hybridized carbons (Fsp3) is 0.625. The standard InChI is InChI=1S/C16H21NO3S/c1-2-20-16(19)12-6-4-8-17(10-12)15(18)14-9-11-5-3-7-13(11)21-14/h9,12H,2-8,10H2,1H3/t12-/m0/s1. The first-order valence-corrected chi connectivity index (χ1v) is 8.58. The van der Waals surface area contributed by atoms with Gasteiger partial charge in [-0.2, -0.15) is 0 Å². The van der Waals surface area contributed by atoms with Crippen LogP contribution in [0.4, 0.5) is 0 Å². The molecule has 0 unspecified atom stereocenters. The van der Waals surface area contributed by atoms with Crippen molar-refractivity contribution in [2.24, 2.45) is 5.92 Å². The van der Waals surface area contributed by atoms with Crippen molar-refractivity contribution in [2.45, 2.75) is 39.0 Å². The third kappa shape index (κ3) is 2.98. The second kappa shape index (κ2) is 6.18. The molecule has 1 fully saturated rings. The van der Waals surface area contributed by atoms with E-state index in [-0.39, 0.29) is 17.8 Å². The number of carbonyl (C=O) groups is 2. The van der Waals surface area contributed by atoms with Crippen LogP contribution in [0.5, 0.6) is 0 Å². The van der Waals surface area contributed by atoms with E-state index in [4.69, 9.17) is 4.74 Å². The van der Waals surface area contributed by atoms with Crippen LogP contribution in [0.25, 0.3) is 0 Å². The first-order valence-electron chi connectivity index (χ1n) is 7.76. The third-order valence-electron chi connectivity index (χ3n) is 4.29. The Bertz CT molecular complexity index is 530. The van der Waals surface area contributed by atoms with Gasteiger partial charge in [0.05, 0.1) is 17.4 Å². The summed E-state index contributed by atoms with van der Waals surface area (Å²) in [6.45, 7) is 3.47. The van der Waals surface area contributed by atoms with E-state index in [1.165, 1.54) is 16.9 Å². The maximum Gasteiger partial charge on any atom is 0.310 e. The lowest BCUT2D eigenvalue weighted by atomic mass is 9.98.